The SMILES string of the molecule is O=C1C=C2C(=CC(F)=CC2F)Oc2cccc(F)c21. The number of alkyl halides is 1. The van der Waals surface area contributed by atoms with Crippen LogP contribution in [0.3, 0.4) is 0 Å². The maximum atomic E-state index is 13.7. The van der Waals surface area contributed by atoms with Crippen molar-refractivity contribution in [3.8, 4) is 5.75 Å². The Morgan fingerprint density at radius 3 is 2.74 bits per heavy atom. The topological polar surface area (TPSA) is 26.3 Å². The monoisotopic (exact) mass is 264 g/mol. The van der Waals surface area contributed by atoms with Gasteiger partial charge >= 0.3 is 0 Å². The van der Waals surface area contributed by atoms with Crippen LogP contribution in [0.5, 0.6) is 5.75 Å². The molecular weight excluding hydrogens is 257 g/mol. The Morgan fingerprint density at radius 2 is 1.95 bits per heavy atom. The minimum absolute atomic E-state index is 0.0515. The maximum Gasteiger partial charge on any atom is 0.193 e. The van der Waals surface area contributed by atoms with Crippen LogP contribution in [0.25, 0.3) is 0 Å². The highest BCUT2D eigenvalue weighted by molar-refractivity contribution is 6.08. The molecule has 2 aliphatic rings. The van der Waals surface area contributed by atoms with Crippen molar-refractivity contribution in [1.29, 1.82) is 0 Å². The van der Waals surface area contributed by atoms with E-state index in [0.29, 0.717) is 0 Å². The fourth-order valence-corrected chi connectivity index (χ4v) is 2.02. The van der Waals surface area contributed by atoms with Crippen LogP contribution in [-0.4, -0.2) is 12.0 Å². The predicted molar refractivity (Wildman–Crippen MR) is 61.6 cm³/mol. The van der Waals surface area contributed by atoms with Gasteiger partial charge in [0.25, 0.3) is 0 Å². The molecule has 1 heterocycles. The van der Waals surface area contributed by atoms with Crippen LogP contribution in [-0.2, 0) is 0 Å². The molecule has 2 nitrogen and oxygen atoms in total. The number of hydrogen-bond acceptors (Lipinski definition) is 2. The first-order valence-corrected chi connectivity index (χ1v) is 5.52. The summed E-state index contributed by atoms with van der Waals surface area (Å²) in [5.74, 6) is -2.44. The Labute approximate surface area is 106 Å². The summed E-state index contributed by atoms with van der Waals surface area (Å²) in [5.41, 5.74) is -0.389. The molecule has 1 aromatic carbocycles. The lowest BCUT2D eigenvalue weighted by atomic mass is 10.0. The number of ether oxygens (including phenoxy) is 1. The first-order valence-electron chi connectivity index (χ1n) is 5.52. The van der Waals surface area contributed by atoms with E-state index in [9.17, 15) is 18.0 Å². The summed E-state index contributed by atoms with van der Waals surface area (Å²) < 4.78 is 45.8. The molecule has 0 fully saturated rings. The van der Waals surface area contributed by atoms with Crippen molar-refractivity contribution in [1.82, 2.24) is 0 Å². The smallest absolute Gasteiger partial charge is 0.193 e. The zero-order valence-corrected chi connectivity index (χ0v) is 9.49. The molecule has 0 spiro atoms. The summed E-state index contributed by atoms with van der Waals surface area (Å²) in [7, 11) is 0. The molecule has 0 aromatic heterocycles. The standard InChI is InChI=1S/C14H7F3O2/c15-7-4-10(17)8-6-11(18)14-9(16)2-1-3-12(14)19-13(8)5-7/h1-6,10H. The van der Waals surface area contributed by atoms with E-state index in [4.69, 9.17) is 4.74 Å². The molecule has 5 heteroatoms. The normalized spacial score (nSPS) is 21.3. The highest BCUT2D eigenvalue weighted by Gasteiger charge is 2.29. The first-order chi connectivity index (χ1) is 9.06. The average Bonchev–Trinajstić information content (AvgIpc) is 2.47. The third-order valence-electron chi connectivity index (χ3n) is 2.88. The third-order valence-corrected chi connectivity index (χ3v) is 2.88. The van der Waals surface area contributed by atoms with Crippen molar-refractivity contribution in [2.45, 2.75) is 6.17 Å². The fraction of sp³-hybridized carbons (Fsp3) is 0.0714. The Kier molecular flexibility index (Phi) is 2.55. The van der Waals surface area contributed by atoms with Crippen LogP contribution in [0.2, 0.25) is 0 Å². The van der Waals surface area contributed by atoms with E-state index in [-0.39, 0.29) is 22.6 Å². The van der Waals surface area contributed by atoms with Gasteiger partial charge in [0.2, 0.25) is 0 Å². The molecule has 0 amide bonds. The van der Waals surface area contributed by atoms with Crippen LogP contribution in [0.4, 0.5) is 13.2 Å². The second-order valence-electron chi connectivity index (χ2n) is 4.14. The molecule has 3 rings (SSSR count). The minimum Gasteiger partial charge on any atom is -0.456 e. The molecule has 19 heavy (non-hydrogen) atoms. The number of benzene rings is 1. The number of fused-ring (bicyclic) bond motifs is 2. The molecule has 0 N–H and O–H groups in total. The van der Waals surface area contributed by atoms with E-state index >= 15 is 0 Å². The van der Waals surface area contributed by atoms with Gasteiger partial charge in [-0.3, -0.25) is 4.79 Å². The van der Waals surface area contributed by atoms with Gasteiger partial charge in [0.15, 0.2) is 12.0 Å². The maximum absolute atomic E-state index is 13.7. The van der Waals surface area contributed by atoms with Crippen LogP contribution in [0.15, 0.2) is 53.6 Å². The summed E-state index contributed by atoms with van der Waals surface area (Å²) in [4.78, 5) is 11.9. The summed E-state index contributed by atoms with van der Waals surface area (Å²) in [6, 6.07) is 3.83. The number of ketones is 1. The van der Waals surface area contributed by atoms with Crippen molar-refractivity contribution in [2.24, 2.45) is 0 Å². The molecule has 1 atom stereocenters. The molecular formula is C14H7F3O2. The summed E-state index contributed by atoms with van der Waals surface area (Å²) in [5, 5.41) is 0. The van der Waals surface area contributed by atoms with E-state index in [2.05, 4.69) is 0 Å². The van der Waals surface area contributed by atoms with E-state index in [1.54, 1.807) is 0 Å². The van der Waals surface area contributed by atoms with Crippen LogP contribution in [0.1, 0.15) is 10.4 Å². The molecule has 1 unspecified atom stereocenters. The fourth-order valence-electron chi connectivity index (χ4n) is 2.02. The number of carbonyl (C=O) groups excluding carboxylic acids is 1. The summed E-state index contributed by atoms with van der Waals surface area (Å²) >= 11 is 0. The molecule has 0 bridgehead atoms. The van der Waals surface area contributed by atoms with Gasteiger partial charge in [-0.2, -0.15) is 0 Å². The largest absolute Gasteiger partial charge is 0.456 e. The lowest BCUT2D eigenvalue weighted by Gasteiger charge is -2.16. The van der Waals surface area contributed by atoms with Gasteiger partial charge in [-0.25, -0.2) is 13.2 Å². The van der Waals surface area contributed by atoms with Gasteiger partial charge < -0.3 is 4.74 Å². The predicted octanol–water partition coefficient (Wildman–Crippen LogP) is 3.42. The molecule has 1 aliphatic carbocycles. The van der Waals surface area contributed by atoms with Gasteiger partial charge in [0.1, 0.15) is 28.7 Å². The molecule has 1 aromatic rings. The summed E-state index contributed by atoms with van der Waals surface area (Å²) in [6.45, 7) is 0. The molecule has 0 radical (unpaired) electrons. The Hall–Kier alpha value is -2.30. The quantitative estimate of drug-likeness (QED) is 0.717. The van der Waals surface area contributed by atoms with Gasteiger partial charge in [0, 0.05) is 11.6 Å². The number of carbonyl (C=O) groups is 1. The Morgan fingerprint density at radius 1 is 1.16 bits per heavy atom. The van der Waals surface area contributed by atoms with Crippen molar-refractivity contribution < 1.29 is 22.7 Å². The van der Waals surface area contributed by atoms with Crippen LogP contribution >= 0.6 is 0 Å². The zero-order chi connectivity index (χ0) is 13.6. The third kappa shape index (κ3) is 1.87. The van der Waals surface area contributed by atoms with Gasteiger partial charge in [-0.1, -0.05) is 6.07 Å². The van der Waals surface area contributed by atoms with Crippen molar-refractivity contribution in [2.75, 3.05) is 0 Å². The Bertz CT molecular complexity index is 671. The number of allylic oxidation sites excluding steroid dienone is 5. The van der Waals surface area contributed by atoms with Crippen LogP contribution < -0.4 is 4.74 Å². The summed E-state index contributed by atoms with van der Waals surface area (Å²) in [6.07, 6.45) is 0.836. The molecule has 0 saturated heterocycles. The lowest BCUT2D eigenvalue weighted by Crippen LogP contribution is -2.12. The molecule has 96 valence electrons. The molecule has 1 aliphatic heterocycles. The average molecular weight is 264 g/mol. The highest BCUT2D eigenvalue weighted by Crippen LogP contribution is 2.35. The van der Waals surface area contributed by atoms with Gasteiger partial charge in [-0.15, -0.1) is 0 Å². The number of halogens is 3. The number of hydrogen-bond donors (Lipinski definition) is 0. The van der Waals surface area contributed by atoms with Crippen LogP contribution in [0, 0.1) is 5.82 Å². The first kappa shape index (κ1) is 11.8. The second-order valence-corrected chi connectivity index (χ2v) is 4.14. The van der Waals surface area contributed by atoms with E-state index in [0.717, 1.165) is 24.3 Å². The van der Waals surface area contributed by atoms with Crippen molar-refractivity contribution in [3.05, 3.63) is 65.0 Å². The van der Waals surface area contributed by atoms with Crippen molar-refractivity contribution in [3.63, 3.8) is 0 Å². The van der Waals surface area contributed by atoms with Gasteiger partial charge in [0.05, 0.1) is 0 Å². The van der Waals surface area contributed by atoms with Crippen molar-refractivity contribution >= 4 is 5.78 Å². The molecule has 0 saturated carbocycles. The lowest BCUT2D eigenvalue weighted by molar-refractivity contribution is 0.104. The number of rotatable bonds is 0. The highest BCUT2D eigenvalue weighted by atomic mass is 19.1. The Balaban J connectivity index is 2.20. The van der Waals surface area contributed by atoms with Gasteiger partial charge in [-0.05, 0) is 24.3 Å². The second kappa shape index (κ2) is 4.12. The van der Waals surface area contributed by atoms with E-state index < -0.39 is 23.6 Å². The minimum atomic E-state index is -1.79. The zero-order valence-electron chi connectivity index (χ0n) is 9.49. The van der Waals surface area contributed by atoms with E-state index in [1.165, 1.54) is 12.1 Å². The van der Waals surface area contributed by atoms with E-state index in [1.807, 2.05) is 0 Å².